The molecule has 3 N–H and O–H groups in total. The van der Waals surface area contributed by atoms with E-state index in [1.807, 2.05) is 0 Å². The number of hydrazone groups is 1. The first-order valence-corrected chi connectivity index (χ1v) is 11.6. The minimum Gasteiger partial charge on any atom is -0.323 e. The second-order valence-electron chi connectivity index (χ2n) is 7.77. The number of nitrogens with two attached hydrogens (primary N) is 1. The Balaban J connectivity index is 2.39. The van der Waals surface area contributed by atoms with Crippen LogP contribution in [0.3, 0.4) is 0 Å². The van der Waals surface area contributed by atoms with E-state index in [2.05, 4.69) is 15.5 Å². The molecule has 8 nitrogen and oxygen atoms in total. The van der Waals surface area contributed by atoms with E-state index in [1.165, 1.54) is 0 Å². The lowest BCUT2D eigenvalue weighted by Crippen LogP contribution is -2.32. The summed E-state index contributed by atoms with van der Waals surface area (Å²) in [4.78, 5) is 12.8. The molecule has 32 heavy (non-hydrogen) atoms. The van der Waals surface area contributed by atoms with E-state index >= 15 is 0 Å². The van der Waals surface area contributed by atoms with Crippen LogP contribution in [-0.2, 0) is 22.6 Å². The number of carbonyl (C=O) groups is 1. The van der Waals surface area contributed by atoms with E-state index in [1.54, 1.807) is 0 Å². The molecule has 0 atom stereocenters. The molecule has 1 saturated carbocycles. The van der Waals surface area contributed by atoms with E-state index < -0.39 is 63.4 Å². The summed E-state index contributed by atoms with van der Waals surface area (Å²) in [5, 5.41) is 9.18. The number of carbonyl (C=O) groups excluding carboxylic acids is 1. The van der Waals surface area contributed by atoms with Crippen molar-refractivity contribution in [2.45, 2.75) is 51.3 Å². The number of halogens is 5. The third kappa shape index (κ3) is 7.00. The fourth-order valence-electron chi connectivity index (χ4n) is 3.46. The zero-order valence-corrected chi connectivity index (χ0v) is 18.2. The summed E-state index contributed by atoms with van der Waals surface area (Å²) < 4.78 is 91.5. The van der Waals surface area contributed by atoms with Crippen LogP contribution >= 0.6 is 0 Å². The van der Waals surface area contributed by atoms with Gasteiger partial charge in [-0.3, -0.25) is 9.48 Å². The van der Waals surface area contributed by atoms with E-state index in [9.17, 15) is 35.2 Å². The second-order valence-corrected chi connectivity index (χ2v) is 9.96. The van der Waals surface area contributed by atoms with Crippen molar-refractivity contribution in [2.75, 3.05) is 12.0 Å². The van der Waals surface area contributed by atoms with Crippen LogP contribution in [0.2, 0.25) is 0 Å². The van der Waals surface area contributed by atoms with Gasteiger partial charge in [-0.1, -0.05) is 0 Å². The normalized spacial score (nSPS) is 18.3. The summed E-state index contributed by atoms with van der Waals surface area (Å²) in [5.41, 5.74) is -2.73. The van der Waals surface area contributed by atoms with Crippen molar-refractivity contribution in [2.24, 2.45) is 16.9 Å². The average Bonchev–Trinajstić information content (AvgIpc) is 2.97. The Morgan fingerprint density at radius 3 is 2.44 bits per heavy atom. The molecule has 0 aromatic carbocycles. The summed E-state index contributed by atoms with van der Waals surface area (Å²) in [6, 6.07) is 0. The number of aromatic nitrogens is 2. The molecule has 1 heterocycles. The monoisotopic (exact) mass is 485 g/mol. The van der Waals surface area contributed by atoms with Gasteiger partial charge in [-0.25, -0.2) is 17.2 Å². The maximum Gasteiger partial charge on any atom is 0.420 e. The van der Waals surface area contributed by atoms with Crippen molar-refractivity contribution >= 4 is 22.0 Å². The predicted molar refractivity (Wildman–Crippen MR) is 107 cm³/mol. The van der Waals surface area contributed by atoms with Crippen molar-refractivity contribution in [3.8, 4) is 0 Å². The Morgan fingerprint density at radius 1 is 1.34 bits per heavy atom. The molecule has 2 rings (SSSR count). The van der Waals surface area contributed by atoms with Crippen LogP contribution in [0, 0.1) is 12.8 Å². The molecule has 14 heteroatoms. The largest absolute Gasteiger partial charge is 0.420 e. The number of sulfone groups is 1. The number of alkyl halides is 5. The lowest BCUT2D eigenvalue weighted by molar-refractivity contribution is -0.138. The standard InChI is InChI=1S/C18H24F5N5O3S/c1-11-14(18(21,22)23)15(16(29)26-13(9-25-24)5-8-32(2,30)31)28(27-11)10-12-3-6-17(19,20)7-4-12/h5,9,12H,3-4,6-8,10,24H2,1-2H3,(H,26,29)/b13-5+,25-9-. The molecule has 0 aliphatic heterocycles. The zero-order chi connectivity index (χ0) is 24.3. The number of rotatable bonds is 7. The maximum absolute atomic E-state index is 13.7. The van der Waals surface area contributed by atoms with Gasteiger partial charge in [0, 0.05) is 25.6 Å². The molecule has 0 bridgehead atoms. The summed E-state index contributed by atoms with van der Waals surface area (Å²) >= 11 is 0. The van der Waals surface area contributed by atoms with Gasteiger partial charge in [-0.2, -0.15) is 23.4 Å². The molecule has 0 saturated heterocycles. The van der Waals surface area contributed by atoms with Crippen molar-refractivity contribution in [1.82, 2.24) is 15.1 Å². The zero-order valence-electron chi connectivity index (χ0n) is 17.4. The van der Waals surface area contributed by atoms with Gasteiger partial charge in [0.1, 0.15) is 11.3 Å². The van der Waals surface area contributed by atoms with Crippen LogP contribution in [0.1, 0.15) is 47.4 Å². The molecule has 1 fully saturated rings. The van der Waals surface area contributed by atoms with Crippen LogP contribution in [0.4, 0.5) is 22.0 Å². The molecule has 0 spiro atoms. The van der Waals surface area contributed by atoms with Crippen molar-refractivity contribution < 1.29 is 35.2 Å². The molecule has 0 unspecified atom stereocenters. The Kier molecular flexibility index (Phi) is 7.68. The molecule has 1 aliphatic carbocycles. The van der Waals surface area contributed by atoms with Gasteiger partial charge in [-0.05, 0) is 31.8 Å². The van der Waals surface area contributed by atoms with Gasteiger partial charge in [0.2, 0.25) is 5.92 Å². The Morgan fingerprint density at radius 2 is 1.94 bits per heavy atom. The first-order valence-electron chi connectivity index (χ1n) is 9.58. The highest BCUT2D eigenvalue weighted by molar-refractivity contribution is 7.90. The molecular formula is C18H24F5N5O3S. The van der Waals surface area contributed by atoms with Crippen LogP contribution < -0.4 is 11.2 Å². The second kappa shape index (κ2) is 9.55. The molecule has 180 valence electrons. The van der Waals surface area contributed by atoms with Crippen molar-refractivity contribution in [1.29, 1.82) is 0 Å². The van der Waals surface area contributed by atoms with Gasteiger partial charge >= 0.3 is 6.18 Å². The molecule has 0 radical (unpaired) electrons. The Bertz CT molecular complexity index is 1000. The van der Waals surface area contributed by atoms with Crippen molar-refractivity contribution in [3.05, 3.63) is 28.7 Å². The molecule has 1 aromatic rings. The van der Waals surface area contributed by atoms with E-state index in [0.29, 0.717) is 0 Å². The lowest BCUT2D eigenvalue weighted by Gasteiger charge is -2.28. The molecular weight excluding hydrogens is 461 g/mol. The highest BCUT2D eigenvalue weighted by Gasteiger charge is 2.42. The Hall–Kier alpha value is -2.51. The van der Waals surface area contributed by atoms with Crippen LogP contribution in [0.15, 0.2) is 16.9 Å². The third-order valence-corrected chi connectivity index (χ3v) is 5.74. The fraction of sp³-hybridized carbons (Fsp3) is 0.611. The van der Waals surface area contributed by atoms with E-state index in [0.717, 1.165) is 30.2 Å². The minimum atomic E-state index is -4.91. The number of hydrogen-bond acceptors (Lipinski definition) is 6. The average molecular weight is 485 g/mol. The lowest BCUT2D eigenvalue weighted by atomic mass is 9.87. The fourth-order valence-corrected chi connectivity index (χ4v) is 3.94. The number of aryl methyl sites for hydroxylation is 1. The van der Waals surface area contributed by atoms with E-state index in [4.69, 9.17) is 5.84 Å². The summed E-state index contributed by atoms with van der Waals surface area (Å²) in [5.74, 6) is 0.110. The quantitative estimate of drug-likeness (QED) is 0.266. The number of allylic oxidation sites excluding steroid dienone is 1. The number of nitrogens with zero attached hydrogens (tertiary/aromatic N) is 3. The van der Waals surface area contributed by atoms with Gasteiger partial charge in [0.05, 0.1) is 23.4 Å². The Labute approximate surface area is 181 Å². The van der Waals surface area contributed by atoms with Crippen LogP contribution in [-0.4, -0.2) is 48.3 Å². The van der Waals surface area contributed by atoms with Gasteiger partial charge in [-0.15, -0.1) is 0 Å². The van der Waals surface area contributed by atoms with Gasteiger partial charge < -0.3 is 11.2 Å². The van der Waals surface area contributed by atoms with Crippen molar-refractivity contribution in [3.63, 3.8) is 0 Å². The third-order valence-electron chi connectivity index (χ3n) is 4.97. The highest BCUT2D eigenvalue weighted by atomic mass is 32.2. The molecule has 1 aliphatic rings. The topological polar surface area (TPSA) is 119 Å². The number of nitrogens with one attached hydrogen (secondary N) is 1. The first kappa shape index (κ1) is 25.7. The predicted octanol–water partition coefficient (Wildman–Crippen LogP) is 2.64. The smallest absolute Gasteiger partial charge is 0.323 e. The molecule has 1 amide bonds. The maximum atomic E-state index is 13.7. The van der Waals surface area contributed by atoms with E-state index in [-0.39, 0.29) is 31.0 Å². The summed E-state index contributed by atoms with van der Waals surface area (Å²) in [7, 11) is -3.49. The summed E-state index contributed by atoms with van der Waals surface area (Å²) in [6.45, 7) is 0.940. The van der Waals surface area contributed by atoms with Gasteiger partial charge in [0.15, 0.2) is 9.84 Å². The SMILES string of the molecule is Cc1nn(CC2CCC(F)(F)CC2)c(C(=O)NC(/C=N\N)=C/CS(C)(=O)=O)c1C(F)(F)F. The number of hydrogen-bond donors (Lipinski definition) is 2. The van der Waals surface area contributed by atoms with Crippen LogP contribution in [0.25, 0.3) is 0 Å². The number of amides is 1. The first-order chi connectivity index (χ1) is 14.6. The van der Waals surface area contributed by atoms with Gasteiger partial charge in [0.25, 0.3) is 5.91 Å². The highest BCUT2D eigenvalue weighted by Crippen LogP contribution is 2.38. The molecule has 1 aromatic heterocycles. The minimum absolute atomic E-state index is 0.0770. The van der Waals surface area contributed by atoms with Crippen LogP contribution in [0.5, 0.6) is 0 Å². The summed E-state index contributed by atoms with van der Waals surface area (Å²) in [6.07, 6.45) is -2.69.